The molecular formula is C33H33ClSi. The van der Waals surface area contributed by atoms with Crippen LogP contribution in [-0.4, -0.2) is 14.0 Å². The summed E-state index contributed by atoms with van der Waals surface area (Å²) in [6.07, 6.45) is 4.29. The molecule has 0 saturated heterocycles. The Labute approximate surface area is 216 Å². The van der Waals surface area contributed by atoms with Crippen LogP contribution in [0.15, 0.2) is 138 Å². The zero-order chi connectivity index (χ0) is 24.5. The van der Waals surface area contributed by atoms with Crippen LogP contribution in [0.4, 0.5) is 0 Å². The van der Waals surface area contributed by atoms with Gasteiger partial charge in [0.2, 0.25) is 0 Å². The van der Waals surface area contributed by atoms with Gasteiger partial charge >= 0.3 is 0 Å². The van der Waals surface area contributed by atoms with Gasteiger partial charge in [-0.2, -0.15) is 0 Å². The molecule has 0 bridgehead atoms. The third kappa shape index (κ3) is 5.42. The normalized spacial score (nSPS) is 12.1. The average Bonchev–Trinajstić information content (AvgIpc) is 2.92. The molecular weight excluding hydrogens is 460 g/mol. The zero-order valence-corrected chi connectivity index (χ0v) is 22.4. The summed E-state index contributed by atoms with van der Waals surface area (Å²) in [6, 6.07) is 44.0. The maximum absolute atomic E-state index is 7.05. The summed E-state index contributed by atoms with van der Waals surface area (Å²) < 4.78 is 0. The quantitative estimate of drug-likeness (QED) is 0.101. The van der Waals surface area contributed by atoms with Crippen LogP contribution in [0.1, 0.15) is 32.3 Å². The van der Waals surface area contributed by atoms with Gasteiger partial charge in [-0.3, -0.25) is 0 Å². The molecule has 0 amide bonds. The van der Waals surface area contributed by atoms with Crippen molar-refractivity contribution < 1.29 is 0 Å². The number of hydrogen-bond acceptors (Lipinski definition) is 0. The smallest absolute Gasteiger partial charge is 0.122 e. The number of benzene rings is 4. The van der Waals surface area contributed by atoms with Crippen LogP contribution in [-0.2, 0) is 0 Å². The molecule has 4 aromatic carbocycles. The van der Waals surface area contributed by atoms with Crippen LogP contribution < -0.4 is 15.6 Å². The molecule has 0 heterocycles. The summed E-state index contributed by atoms with van der Waals surface area (Å²) in [7, 11) is -2.65. The minimum absolute atomic E-state index is 0.490. The molecule has 0 N–H and O–H groups in total. The summed E-state index contributed by atoms with van der Waals surface area (Å²) in [5.41, 5.74) is 3.99. The van der Waals surface area contributed by atoms with Crippen molar-refractivity contribution in [3.8, 4) is 0 Å². The Morgan fingerprint density at radius 1 is 0.629 bits per heavy atom. The second-order valence-corrected chi connectivity index (χ2v) is 13.2. The standard InChI is InChI=1S/C33H33ClSi/c1-27(2)16-15-25-32(28-17-7-3-8-18-28)33(26-34)35(29-19-9-4-10-20-29,30-21-11-5-12-22-30)31-23-13-6-14-24-31/h3-14,16-24H,15,25-26H2,1-2H3/b33-32+. The third-order valence-corrected chi connectivity index (χ3v) is 12.1. The molecule has 0 unspecified atom stereocenters. The molecule has 0 aliphatic carbocycles. The first-order valence-electron chi connectivity index (χ1n) is 12.3. The van der Waals surface area contributed by atoms with Gasteiger partial charge in [0.1, 0.15) is 0 Å². The van der Waals surface area contributed by atoms with E-state index in [4.69, 9.17) is 11.6 Å². The van der Waals surface area contributed by atoms with Crippen LogP contribution in [0, 0.1) is 0 Å². The van der Waals surface area contributed by atoms with Gasteiger partial charge in [0.15, 0.2) is 8.07 Å². The van der Waals surface area contributed by atoms with Crippen LogP contribution in [0.25, 0.3) is 5.57 Å². The Morgan fingerprint density at radius 3 is 1.40 bits per heavy atom. The number of rotatable bonds is 9. The molecule has 0 atom stereocenters. The van der Waals surface area contributed by atoms with E-state index in [0.717, 1.165) is 12.8 Å². The molecule has 0 aromatic heterocycles. The second kappa shape index (κ2) is 12.0. The van der Waals surface area contributed by atoms with Crippen molar-refractivity contribution in [2.75, 3.05) is 5.88 Å². The summed E-state index contributed by atoms with van der Waals surface area (Å²) in [5.74, 6) is 0.490. The maximum atomic E-state index is 7.05. The Balaban J connectivity index is 2.13. The SMILES string of the molecule is CC(C)=CCC/C(=C(/CCl)[Si](c1ccccc1)(c1ccccc1)c1ccccc1)c1ccccc1. The third-order valence-electron chi connectivity index (χ3n) is 6.64. The van der Waals surface area contributed by atoms with Gasteiger partial charge < -0.3 is 0 Å². The van der Waals surface area contributed by atoms with E-state index in [0.29, 0.717) is 5.88 Å². The molecule has 0 saturated carbocycles. The summed E-state index contributed by atoms with van der Waals surface area (Å²) in [4.78, 5) is 0. The molecule has 0 aliphatic rings. The molecule has 0 nitrogen and oxygen atoms in total. The molecule has 2 heteroatoms. The van der Waals surface area contributed by atoms with Crippen molar-refractivity contribution in [3.05, 3.63) is 144 Å². The highest BCUT2D eigenvalue weighted by atomic mass is 35.5. The predicted molar refractivity (Wildman–Crippen MR) is 157 cm³/mol. The monoisotopic (exact) mass is 492 g/mol. The first-order chi connectivity index (χ1) is 17.2. The summed E-state index contributed by atoms with van der Waals surface area (Å²) in [5, 5.41) is 5.47. The molecule has 0 radical (unpaired) electrons. The van der Waals surface area contributed by atoms with E-state index in [1.54, 1.807) is 0 Å². The van der Waals surface area contributed by atoms with Crippen LogP contribution in [0.2, 0.25) is 0 Å². The van der Waals surface area contributed by atoms with E-state index < -0.39 is 8.07 Å². The lowest BCUT2D eigenvalue weighted by Gasteiger charge is -2.37. The molecule has 0 aliphatic heterocycles. The molecule has 35 heavy (non-hydrogen) atoms. The van der Waals surface area contributed by atoms with Crippen LogP contribution in [0.3, 0.4) is 0 Å². The Morgan fingerprint density at radius 2 is 1.03 bits per heavy atom. The predicted octanol–water partition coefficient (Wildman–Crippen LogP) is 7.14. The minimum atomic E-state index is -2.65. The van der Waals surface area contributed by atoms with Gasteiger partial charge in [-0.1, -0.05) is 133 Å². The number of allylic oxidation sites excluding steroid dienone is 4. The van der Waals surface area contributed by atoms with Gasteiger partial charge in [0.05, 0.1) is 0 Å². The highest BCUT2D eigenvalue weighted by molar-refractivity contribution is 7.17. The lowest BCUT2D eigenvalue weighted by atomic mass is 10.00. The van der Waals surface area contributed by atoms with Crippen LogP contribution in [0.5, 0.6) is 0 Å². The first kappa shape index (κ1) is 25.0. The van der Waals surface area contributed by atoms with E-state index in [1.165, 1.54) is 37.5 Å². The largest absolute Gasteiger partial charge is 0.177 e. The topological polar surface area (TPSA) is 0 Å². The van der Waals surface area contributed by atoms with Crippen molar-refractivity contribution >= 4 is 40.8 Å². The van der Waals surface area contributed by atoms with Gasteiger partial charge in [0.25, 0.3) is 0 Å². The maximum Gasteiger partial charge on any atom is 0.177 e. The van der Waals surface area contributed by atoms with E-state index in [1.807, 2.05) is 0 Å². The van der Waals surface area contributed by atoms with E-state index in [9.17, 15) is 0 Å². The first-order valence-corrected chi connectivity index (χ1v) is 14.8. The summed E-state index contributed by atoms with van der Waals surface area (Å²) in [6.45, 7) is 4.34. The van der Waals surface area contributed by atoms with Crippen molar-refractivity contribution in [1.29, 1.82) is 0 Å². The highest BCUT2D eigenvalue weighted by Crippen LogP contribution is 2.31. The number of alkyl halides is 1. The van der Waals surface area contributed by atoms with Crippen LogP contribution >= 0.6 is 11.6 Å². The molecule has 4 rings (SSSR count). The molecule has 0 fully saturated rings. The minimum Gasteiger partial charge on any atom is -0.122 e. The summed E-state index contributed by atoms with van der Waals surface area (Å²) >= 11 is 7.05. The highest BCUT2D eigenvalue weighted by Gasteiger charge is 2.43. The molecule has 176 valence electrons. The van der Waals surface area contributed by atoms with Crippen molar-refractivity contribution in [3.63, 3.8) is 0 Å². The Kier molecular flexibility index (Phi) is 8.57. The van der Waals surface area contributed by atoms with Crippen molar-refractivity contribution in [2.24, 2.45) is 0 Å². The Hall–Kier alpha value is -3.13. The van der Waals surface area contributed by atoms with Crippen molar-refractivity contribution in [1.82, 2.24) is 0 Å². The van der Waals surface area contributed by atoms with Gasteiger partial charge in [0, 0.05) is 5.88 Å². The fourth-order valence-electron chi connectivity index (χ4n) is 5.11. The second-order valence-electron chi connectivity index (χ2n) is 9.12. The molecule has 0 spiro atoms. The van der Waals surface area contributed by atoms with Crippen molar-refractivity contribution in [2.45, 2.75) is 26.7 Å². The van der Waals surface area contributed by atoms with E-state index in [-0.39, 0.29) is 0 Å². The zero-order valence-electron chi connectivity index (χ0n) is 20.6. The Bertz CT molecular complexity index is 1160. The number of hydrogen-bond donors (Lipinski definition) is 0. The lowest BCUT2D eigenvalue weighted by Crippen LogP contribution is -2.69. The van der Waals surface area contributed by atoms with Gasteiger partial charge in [-0.05, 0) is 58.6 Å². The van der Waals surface area contributed by atoms with Gasteiger partial charge in [-0.25, -0.2) is 0 Å². The van der Waals surface area contributed by atoms with E-state index >= 15 is 0 Å². The fraction of sp³-hybridized carbons (Fsp3) is 0.152. The average molecular weight is 493 g/mol. The van der Waals surface area contributed by atoms with E-state index in [2.05, 4.69) is 141 Å². The molecule has 4 aromatic rings. The lowest BCUT2D eigenvalue weighted by molar-refractivity contribution is 1.04. The fourth-order valence-corrected chi connectivity index (χ4v) is 10.9. The van der Waals surface area contributed by atoms with Gasteiger partial charge in [-0.15, -0.1) is 11.6 Å². The number of halogens is 1.